The summed E-state index contributed by atoms with van der Waals surface area (Å²) in [6, 6.07) is 6.26. The molecule has 2 amide bonds. The Kier molecular flexibility index (Phi) is 4.22. The number of carbonyl (C=O) groups excluding carboxylic acids is 2. The lowest BCUT2D eigenvalue weighted by Gasteiger charge is -2.39. The van der Waals surface area contributed by atoms with Crippen molar-refractivity contribution in [1.29, 1.82) is 0 Å². The number of imidazole rings is 1. The van der Waals surface area contributed by atoms with Crippen LogP contribution in [0.1, 0.15) is 35.3 Å². The summed E-state index contributed by atoms with van der Waals surface area (Å²) in [6.45, 7) is 2.21. The van der Waals surface area contributed by atoms with Gasteiger partial charge in [0.2, 0.25) is 5.91 Å². The Hall–Kier alpha value is -2.70. The molecule has 3 heterocycles. The van der Waals surface area contributed by atoms with Crippen LogP contribution in [0.25, 0.3) is 0 Å². The minimum Gasteiger partial charge on any atom is -0.341 e. The minimum absolute atomic E-state index is 0.105. The quantitative estimate of drug-likeness (QED) is 0.917. The third-order valence-electron chi connectivity index (χ3n) is 5.48. The van der Waals surface area contributed by atoms with Crippen molar-refractivity contribution in [2.45, 2.75) is 25.8 Å². The Balaban J connectivity index is 1.47. The van der Waals surface area contributed by atoms with Crippen molar-refractivity contribution >= 4 is 11.8 Å². The van der Waals surface area contributed by atoms with Gasteiger partial charge in [-0.2, -0.15) is 0 Å². The number of benzene rings is 1. The number of halogens is 1. The molecule has 4 rings (SSSR count). The predicted octanol–water partition coefficient (Wildman–Crippen LogP) is 2.20. The number of aromatic nitrogens is 2. The third-order valence-corrected chi connectivity index (χ3v) is 5.48. The number of hydrogen-bond donors (Lipinski definition) is 1. The zero-order valence-electron chi connectivity index (χ0n) is 14.4. The van der Waals surface area contributed by atoms with E-state index in [2.05, 4.69) is 9.97 Å². The number of rotatable bonds is 3. The Morgan fingerprint density at radius 2 is 2.04 bits per heavy atom. The molecule has 0 aliphatic carbocycles. The van der Waals surface area contributed by atoms with Crippen molar-refractivity contribution < 1.29 is 14.0 Å². The van der Waals surface area contributed by atoms with Gasteiger partial charge in [-0.05, 0) is 37.0 Å². The van der Waals surface area contributed by atoms with Crippen LogP contribution in [-0.2, 0) is 11.3 Å². The lowest BCUT2D eigenvalue weighted by atomic mass is 9.78. The van der Waals surface area contributed by atoms with Gasteiger partial charge in [0.05, 0.1) is 17.9 Å². The predicted molar refractivity (Wildman–Crippen MR) is 92.6 cm³/mol. The largest absolute Gasteiger partial charge is 0.341 e. The molecular weight excluding hydrogens is 335 g/mol. The van der Waals surface area contributed by atoms with Crippen LogP contribution in [-0.4, -0.2) is 51.2 Å². The standard InChI is InChI=1S/C19H21FN4O2/c20-15-4-2-14(3-5-15)11-23-8-1-6-19(18(23)26)7-9-24(12-19)17(25)16-10-21-13-22-16/h2-5,10,13H,1,6-9,11-12H2,(H,21,22). The first-order valence-electron chi connectivity index (χ1n) is 8.89. The molecule has 6 nitrogen and oxygen atoms in total. The third kappa shape index (κ3) is 2.98. The lowest BCUT2D eigenvalue weighted by Crippen LogP contribution is -2.50. The van der Waals surface area contributed by atoms with Crippen molar-refractivity contribution in [3.8, 4) is 0 Å². The van der Waals surface area contributed by atoms with Gasteiger partial charge in [-0.3, -0.25) is 9.59 Å². The minimum atomic E-state index is -0.492. The highest BCUT2D eigenvalue weighted by Gasteiger charge is 2.49. The number of nitrogens with one attached hydrogen (secondary N) is 1. The smallest absolute Gasteiger partial charge is 0.271 e. The molecule has 0 bridgehead atoms. The molecule has 2 aromatic rings. The van der Waals surface area contributed by atoms with E-state index in [9.17, 15) is 14.0 Å². The molecule has 0 radical (unpaired) electrons. The van der Waals surface area contributed by atoms with Crippen LogP contribution in [0, 0.1) is 11.2 Å². The number of nitrogens with zero attached hydrogens (tertiary/aromatic N) is 3. The summed E-state index contributed by atoms with van der Waals surface area (Å²) in [7, 11) is 0. The van der Waals surface area contributed by atoms with Gasteiger partial charge in [0, 0.05) is 26.2 Å². The fraction of sp³-hybridized carbons (Fsp3) is 0.421. The number of hydrogen-bond acceptors (Lipinski definition) is 3. The number of H-pyrrole nitrogens is 1. The first-order valence-corrected chi connectivity index (χ1v) is 8.89. The fourth-order valence-corrected chi connectivity index (χ4v) is 4.08. The topological polar surface area (TPSA) is 69.3 Å². The normalized spacial score (nSPS) is 23.0. The maximum atomic E-state index is 13.2. The highest BCUT2D eigenvalue weighted by atomic mass is 19.1. The molecule has 2 fully saturated rings. The van der Waals surface area contributed by atoms with E-state index in [0.717, 1.165) is 18.4 Å². The molecule has 2 aliphatic rings. The molecule has 2 saturated heterocycles. The lowest BCUT2D eigenvalue weighted by molar-refractivity contribution is -0.146. The van der Waals surface area contributed by atoms with Crippen LogP contribution in [0.4, 0.5) is 4.39 Å². The molecule has 1 aromatic carbocycles. The first kappa shape index (κ1) is 16.8. The highest BCUT2D eigenvalue weighted by Crippen LogP contribution is 2.40. The van der Waals surface area contributed by atoms with E-state index in [0.29, 0.717) is 38.3 Å². The van der Waals surface area contributed by atoms with Crippen molar-refractivity contribution in [3.63, 3.8) is 0 Å². The van der Waals surface area contributed by atoms with Crippen molar-refractivity contribution in [2.24, 2.45) is 5.41 Å². The van der Waals surface area contributed by atoms with Crippen LogP contribution < -0.4 is 0 Å². The van der Waals surface area contributed by atoms with Crippen LogP contribution in [0.15, 0.2) is 36.8 Å². The Morgan fingerprint density at radius 3 is 2.77 bits per heavy atom. The Bertz CT molecular complexity index is 805. The monoisotopic (exact) mass is 356 g/mol. The summed E-state index contributed by atoms with van der Waals surface area (Å²) >= 11 is 0. The number of likely N-dealkylation sites (tertiary alicyclic amines) is 2. The van der Waals surface area contributed by atoms with Crippen LogP contribution >= 0.6 is 0 Å². The summed E-state index contributed by atoms with van der Waals surface area (Å²) in [5, 5.41) is 0. The second kappa shape index (κ2) is 6.55. The average Bonchev–Trinajstić information content (AvgIpc) is 3.31. The zero-order valence-corrected chi connectivity index (χ0v) is 14.4. The SMILES string of the molecule is O=C(c1cnc[nH]1)N1CCC2(CCCN(Cc3ccc(F)cc3)C2=O)C1. The van der Waals surface area contributed by atoms with Crippen molar-refractivity contribution in [3.05, 3.63) is 53.9 Å². The number of aromatic amines is 1. The van der Waals surface area contributed by atoms with Crippen LogP contribution in [0.2, 0.25) is 0 Å². The molecule has 1 aromatic heterocycles. The first-order chi connectivity index (χ1) is 12.6. The Morgan fingerprint density at radius 1 is 1.23 bits per heavy atom. The van der Waals surface area contributed by atoms with Gasteiger partial charge in [0.1, 0.15) is 11.5 Å². The van der Waals surface area contributed by atoms with Crippen LogP contribution in [0.5, 0.6) is 0 Å². The van der Waals surface area contributed by atoms with Gasteiger partial charge >= 0.3 is 0 Å². The second-order valence-electron chi connectivity index (χ2n) is 7.18. The Labute approximate surface area is 151 Å². The molecule has 136 valence electrons. The van der Waals surface area contributed by atoms with Gasteiger partial charge in [-0.15, -0.1) is 0 Å². The molecule has 1 atom stereocenters. The fourth-order valence-electron chi connectivity index (χ4n) is 4.08. The second-order valence-corrected chi connectivity index (χ2v) is 7.18. The molecule has 1 unspecified atom stereocenters. The molecule has 2 aliphatic heterocycles. The molecule has 7 heteroatoms. The van der Waals surface area contributed by atoms with Gasteiger partial charge < -0.3 is 14.8 Å². The average molecular weight is 356 g/mol. The van der Waals surface area contributed by atoms with E-state index in [1.807, 2.05) is 4.90 Å². The van der Waals surface area contributed by atoms with E-state index in [4.69, 9.17) is 0 Å². The van der Waals surface area contributed by atoms with E-state index in [1.54, 1.807) is 17.0 Å². The molecule has 1 spiro atoms. The van der Waals surface area contributed by atoms with E-state index < -0.39 is 5.41 Å². The summed E-state index contributed by atoms with van der Waals surface area (Å²) in [5.41, 5.74) is 0.877. The van der Waals surface area contributed by atoms with Gasteiger partial charge in [-0.1, -0.05) is 12.1 Å². The molecule has 1 N–H and O–H groups in total. The van der Waals surface area contributed by atoms with E-state index >= 15 is 0 Å². The number of amides is 2. The summed E-state index contributed by atoms with van der Waals surface area (Å²) < 4.78 is 13.1. The highest BCUT2D eigenvalue weighted by molar-refractivity contribution is 5.93. The molecule has 0 saturated carbocycles. The molecular formula is C19H21FN4O2. The van der Waals surface area contributed by atoms with Crippen molar-refractivity contribution in [2.75, 3.05) is 19.6 Å². The van der Waals surface area contributed by atoms with Gasteiger partial charge in [0.15, 0.2) is 0 Å². The van der Waals surface area contributed by atoms with Gasteiger partial charge in [0.25, 0.3) is 5.91 Å². The summed E-state index contributed by atoms with van der Waals surface area (Å²) in [6.07, 6.45) is 5.40. The number of carbonyl (C=O) groups is 2. The van der Waals surface area contributed by atoms with Crippen LogP contribution in [0.3, 0.4) is 0 Å². The maximum Gasteiger partial charge on any atom is 0.271 e. The number of piperidine rings is 1. The van der Waals surface area contributed by atoms with E-state index in [-0.39, 0.29) is 17.6 Å². The van der Waals surface area contributed by atoms with Gasteiger partial charge in [-0.25, -0.2) is 9.37 Å². The van der Waals surface area contributed by atoms with E-state index in [1.165, 1.54) is 24.7 Å². The molecule has 26 heavy (non-hydrogen) atoms. The van der Waals surface area contributed by atoms with Crippen molar-refractivity contribution in [1.82, 2.24) is 19.8 Å². The maximum absolute atomic E-state index is 13.2. The summed E-state index contributed by atoms with van der Waals surface area (Å²) in [4.78, 5) is 36.0. The summed E-state index contributed by atoms with van der Waals surface area (Å²) in [5.74, 6) is -0.283. The zero-order chi connectivity index (χ0) is 18.1.